The fraction of sp³-hybridized carbons (Fsp3) is 0. The zero-order valence-electron chi connectivity index (χ0n) is 26.0. The zero-order valence-corrected chi connectivity index (χ0v) is 26.0. The summed E-state index contributed by atoms with van der Waals surface area (Å²) in [6.07, 6.45) is 3.75. The number of nitrogens with zero attached hydrogens (tertiary/aromatic N) is 5. The van der Waals surface area contributed by atoms with Gasteiger partial charge in [0.25, 0.3) is 0 Å². The van der Waals surface area contributed by atoms with Crippen molar-refractivity contribution in [2.24, 2.45) is 0 Å². The molecule has 0 saturated carbocycles. The van der Waals surface area contributed by atoms with Gasteiger partial charge >= 0.3 is 0 Å². The first kappa shape index (κ1) is 28.9. The second kappa shape index (κ2) is 13.0. The van der Waals surface area contributed by atoms with E-state index in [2.05, 4.69) is 77.8 Å². The van der Waals surface area contributed by atoms with Crippen LogP contribution in [0.1, 0.15) is 0 Å². The van der Waals surface area contributed by atoms with Gasteiger partial charge in [0.2, 0.25) is 0 Å². The van der Waals surface area contributed by atoms with Gasteiger partial charge in [-0.15, -0.1) is 0 Å². The summed E-state index contributed by atoms with van der Waals surface area (Å²) in [5.41, 5.74) is 11.2. The SMILES string of the molecule is c1ccc(-c2ccnc(-c3ccc(-c4ccc(-c5ccc(-c6nc(-c7ccccc7)nc(-c7ccccc7)n6)cc5)cc4)cn3)c2)cc1. The number of benzene rings is 5. The highest BCUT2D eigenvalue weighted by Gasteiger charge is 2.12. The third kappa shape index (κ3) is 6.13. The maximum Gasteiger partial charge on any atom is 0.164 e. The molecule has 0 N–H and O–H groups in total. The minimum atomic E-state index is 0.641. The molecule has 226 valence electrons. The van der Waals surface area contributed by atoms with E-state index in [-0.39, 0.29) is 0 Å². The summed E-state index contributed by atoms with van der Waals surface area (Å²) in [7, 11) is 0. The summed E-state index contributed by atoms with van der Waals surface area (Å²) >= 11 is 0. The first-order chi connectivity index (χ1) is 23.8. The third-order valence-electron chi connectivity index (χ3n) is 8.29. The molecule has 0 aliphatic carbocycles. The van der Waals surface area contributed by atoms with Gasteiger partial charge < -0.3 is 0 Å². The molecule has 0 unspecified atom stereocenters. The molecular formula is C43H29N5. The van der Waals surface area contributed by atoms with Crippen LogP contribution in [0.4, 0.5) is 0 Å². The largest absolute Gasteiger partial charge is 0.255 e. The first-order valence-electron chi connectivity index (χ1n) is 15.8. The lowest BCUT2D eigenvalue weighted by atomic mass is 10.00. The maximum absolute atomic E-state index is 4.86. The fourth-order valence-corrected chi connectivity index (χ4v) is 5.70. The molecule has 5 heteroatoms. The second-order valence-electron chi connectivity index (χ2n) is 11.4. The molecular weight excluding hydrogens is 587 g/mol. The molecule has 0 atom stereocenters. The summed E-state index contributed by atoms with van der Waals surface area (Å²) in [6.45, 7) is 0. The number of hydrogen-bond donors (Lipinski definition) is 0. The smallest absolute Gasteiger partial charge is 0.164 e. The molecule has 5 nitrogen and oxygen atoms in total. The summed E-state index contributed by atoms with van der Waals surface area (Å²) in [6, 6.07) is 55.6. The fourth-order valence-electron chi connectivity index (χ4n) is 5.70. The van der Waals surface area contributed by atoms with Crippen LogP contribution in [-0.2, 0) is 0 Å². The predicted molar refractivity (Wildman–Crippen MR) is 193 cm³/mol. The minimum Gasteiger partial charge on any atom is -0.255 e. The normalized spacial score (nSPS) is 10.9. The lowest BCUT2D eigenvalue weighted by Gasteiger charge is -2.09. The molecule has 0 spiro atoms. The van der Waals surface area contributed by atoms with Crippen molar-refractivity contribution in [1.29, 1.82) is 0 Å². The molecule has 48 heavy (non-hydrogen) atoms. The number of pyridine rings is 2. The first-order valence-corrected chi connectivity index (χ1v) is 15.8. The average Bonchev–Trinajstić information content (AvgIpc) is 3.19. The van der Waals surface area contributed by atoms with Crippen LogP contribution in [0.2, 0.25) is 0 Å². The number of hydrogen-bond acceptors (Lipinski definition) is 5. The molecule has 3 heterocycles. The van der Waals surface area contributed by atoms with E-state index < -0.39 is 0 Å². The summed E-state index contributed by atoms with van der Waals surface area (Å²) in [4.78, 5) is 23.8. The quantitative estimate of drug-likeness (QED) is 0.178. The molecule has 0 aliphatic heterocycles. The van der Waals surface area contributed by atoms with Gasteiger partial charge in [-0.3, -0.25) is 9.97 Å². The number of rotatable bonds is 7. The molecule has 0 aliphatic rings. The van der Waals surface area contributed by atoms with E-state index in [0.29, 0.717) is 17.5 Å². The Bertz CT molecular complexity index is 2230. The van der Waals surface area contributed by atoms with Crippen LogP contribution in [0.3, 0.4) is 0 Å². The van der Waals surface area contributed by atoms with E-state index in [0.717, 1.165) is 61.5 Å². The molecule has 8 aromatic rings. The molecule has 0 amide bonds. The van der Waals surface area contributed by atoms with Crippen LogP contribution in [0.15, 0.2) is 176 Å². The molecule has 3 aromatic heterocycles. The maximum atomic E-state index is 4.86. The average molecular weight is 616 g/mol. The van der Waals surface area contributed by atoms with Gasteiger partial charge in [0.1, 0.15) is 0 Å². The van der Waals surface area contributed by atoms with E-state index >= 15 is 0 Å². The Kier molecular flexibility index (Phi) is 7.83. The Morgan fingerprint density at radius 3 is 1.15 bits per heavy atom. The van der Waals surface area contributed by atoms with Gasteiger partial charge in [0, 0.05) is 34.6 Å². The van der Waals surface area contributed by atoms with Gasteiger partial charge in [-0.1, -0.05) is 146 Å². The highest BCUT2D eigenvalue weighted by Crippen LogP contribution is 2.30. The lowest BCUT2D eigenvalue weighted by molar-refractivity contribution is 1.07. The van der Waals surface area contributed by atoms with Crippen LogP contribution in [-0.4, -0.2) is 24.9 Å². The minimum absolute atomic E-state index is 0.641. The molecule has 0 fully saturated rings. The van der Waals surface area contributed by atoms with E-state index in [4.69, 9.17) is 19.9 Å². The Morgan fingerprint density at radius 1 is 0.271 bits per heavy atom. The molecule has 0 radical (unpaired) electrons. The Morgan fingerprint density at radius 2 is 0.667 bits per heavy atom. The summed E-state index contributed by atoms with van der Waals surface area (Å²) in [5.74, 6) is 1.94. The van der Waals surface area contributed by atoms with Crippen molar-refractivity contribution >= 4 is 0 Å². The van der Waals surface area contributed by atoms with Gasteiger partial charge in [0.05, 0.1) is 11.4 Å². The van der Waals surface area contributed by atoms with Crippen molar-refractivity contribution in [2.45, 2.75) is 0 Å². The summed E-state index contributed by atoms with van der Waals surface area (Å²) < 4.78 is 0. The van der Waals surface area contributed by atoms with Crippen LogP contribution >= 0.6 is 0 Å². The third-order valence-corrected chi connectivity index (χ3v) is 8.29. The number of aromatic nitrogens is 5. The monoisotopic (exact) mass is 615 g/mol. The topological polar surface area (TPSA) is 64.5 Å². The Labute approximate surface area is 279 Å². The van der Waals surface area contributed by atoms with E-state index in [9.17, 15) is 0 Å². The standard InChI is InChI=1S/C43H29N5/c1-4-10-30(11-5-1)37-26-27-44-40(28-37)39-25-24-38(29-45-39)33-18-16-31(17-19-33)32-20-22-36(23-21-32)43-47-41(34-12-6-2-7-13-34)46-42(48-43)35-14-8-3-9-15-35/h1-29H. The van der Waals surface area contributed by atoms with Crippen molar-refractivity contribution in [2.75, 3.05) is 0 Å². The highest BCUT2D eigenvalue weighted by atomic mass is 15.0. The zero-order chi connectivity index (χ0) is 32.1. The predicted octanol–water partition coefficient (Wildman–Crippen LogP) is 10.3. The van der Waals surface area contributed by atoms with Gasteiger partial charge in [0.15, 0.2) is 17.5 Å². The summed E-state index contributed by atoms with van der Waals surface area (Å²) in [5, 5.41) is 0. The van der Waals surface area contributed by atoms with Crippen LogP contribution in [0, 0.1) is 0 Å². The molecule has 5 aromatic carbocycles. The van der Waals surface area contributed by atoms with Crippen molar-refractivity contribution in [3.05, 3.63) is 176 Å². The molecule has 0 bridgehead atoms. The van der Waals surface area contributed by atoms with Crippen LogP contribution in [0.5, 0.6) is 0 Å². The van der Waals surface area contributed by atoms with E-state index in [1.807, 2.05) is 103 Å². The highest BCUT2D eigenvalue weighted by molar-refractivity contribution is 5.74. The van der Waals surface area contributed by atoms with Crippen LogP contribution in [0.25, 0.3) is 78.9 Å². The van der Waals surface area contributed by atoms with Crippen molar-refractivity contribution < 1.29 is 0 Å². The van der Waals surface area contributed by atoms with Gasteiger partial charge in [-0.25, -0.2) is 15.0 Å². The van der Waals surface area contributed by atoms with E-state index in [1.54, 1.807) is 0 Å². The second-order valence-corrected chi connectivity index (χ2v) is 11.4. The Balaban J connectivity index is 1.02. The van der Waals surface area contributed by atoms with E-state index in [1.165, 1.54) is 0 Å². The lowest BCUT2D eigenvalue weighted by Crippen LogP contribution is -2.00. The molecule has 0 saturated heterocycles. The van der Waals surface area contributed by atoms with Crippen molar-refractivity contribution in [3.63, 3.8) is 0 Å². The Hall–Kier alpha value is -6.59. The van der Waals surface area contributed by atoms with Gasteiger partial charge in [-0.05, 0) is 46.0 Å². The van der Waals surface area contributed by atoms with Crippen LogP contribution < -0.4 is 0 Å². The van der Waals surface area contributed by atoms with Crippen molar-refractivity contribution in [3.8, 4) is 78.9 Å². The molecule has 8 rings (SSSR count). The van der Waals surface area contributed by atoms with Gasteiger partial charge in [-0.2, -0.15) is 0 Å². The van der Waals surface area contributed by atoms with Crippen molar-refractivity contribution in [1.82, 2.24) is 24.9 Å².